The normalized spacial score (nSPS) is 11.5. The molecule has 21 heavy (non-hydrogen) atoms. The lowest BCUT2D eigenvalue weighted by atomic mass is 10.1. The fraction of sp³-hybridized carbons (Fsp3) is 0.118. The van der Waals surface area contributed by atoms with E-state index in [0.29, 0.717) is 12.4 Å². The van der Waals surface area contributed by atoms with Gasteiger partial charge in [0, 0.05) is 10.9 Å². The molecule has 0 radical (unpaired) electrons. The van der Waals surface area contributed by atoms with Crippen LogP contribution in [0.4, 0.5) is 0 Å². The van der Waals surface area contributed by atoms with Crippen molar-refractivity contribution in [3.8, 4) is 11.6 Å². The number of aromatic amines is 1. The second-order valence-electron chi connectivity index (χ2n) is 5.05. The van der Waals surface area contributed by atoms with Crippen molar-refractivity contribution in [3.63, 3.8) is 0 Å². The quantitative estimate of drug-likeness (QED) is 0.602. The van der Waals surface area contributed by atoms with E-state index in [1.165, 1.54) is 10.9 Å². The predicted octanol–water partition coefficient (Wildman–Crippen LogP) is 3.48. The molecule has 0 spiro atoms. The number of benzene rings is 2. The number of oxazole rings is 1. The largest absolute Gasteiger partial charge is 0.435 e. The number of fused-ring (bicyclic) bond motifs is 2. The first kappa shape index (κ1) is 12.2. The SMILES string of the molecule is NCCc1c(-c2nc3ccccc3o2)[nH]c2ccccc12. The highest BCUT2D eigenvalue weighted by atomic mass is 16.3. The van der Waals surface area contributed by atoms with Crippen LogP contribution in [-0.4, -0.2) is 16.5 Å². The Morgan fingerprint density at radius 2 is 1.86 bits per heavy atom. The summed E-state index contributed by atoms with van der Waals surface area (Å²) in [7, 11) is 0. The molecule has 0 unspecified atom stereocenters. The van der Waals surface area contributed by atoms with Crippen LogP contribution >= 0.6 is 0 Å². The van der Waals surface area contributed by atoms with Crippen molar-refractivity contribution in [1.29, 1.82) is 0 Å². The van der Waals surface area contributed by atoms with Crippen LogP contribution in [0.2, 0.25) is 0 Å². The minimum absolute atomic E-state index is 0.592. The predicted molar refractivity (Wildman–Crippen MR) is 84.1 cm³/mol. The summed E-state index contributed by atoms with van der Waals surface area (Å²) in [5, 5.41) is 1.18. The van der Waals surface area contributed by atoms with Crippen LogP contribution in [-0.2, 0) is 6.42 Å². The molecule has 4 nitrogen and oxygen atoms in total. The molecule has 2 aromatic carbocycles. The summed E-state index contributed by atoms with van der Waals surface area (Å²) in [5.74, 6) is 0.621. The molecule has 4 heteroatoms. The Morgan fingerprint density at radius 3 is 2.71 bits per heavy atom. The van der Waals surface area contributed by atoms with Gasteiger partial charge in [0.15, 0.2) is 5.58 Å². The second-order valence-corrected chi connectivity index (χ2v) is 5.05. The number of rotatable bonds is 3. The third-order valence-corrected chi connectivity index (χ3v) is 3.72. The Hall–Kier alpha value is -2.59. The van der Waals surface area contributed by atoms with Crippen molar-refractivity contribution in [2.75, 3.05) is 6.54 Å². The summed E-state index contributed by atoms with van der Waals surface area (Å²) < 4.78 is 5.89. The second kappa shape index (κ2) is 4.75. The number of hydrogen-bond donors (Lipinski definition) is 2. The van der Waals surface area contributed by atoms with Gasteiger partial charge in [-0.1, -0.05) is 30.3 Å². The molecule has 0 bridgehead atoms. The van der Waals surface area contributed by atoms with Gasteiger partial charge in [0.1, 0.15) is 11.2 Å². The van der Waals surface area contributed by atoms with Crippen LogP contribution in [0.5, 0.6) is 0 Å². The first-order valence-electron chi connectivity index (χ1n) is 7.02. The number of nitrogens with zero attached hydrogens (tertiary/aromatic N) is 1. The fourth-order valence-electron chi connectivity index (χ4n) is 2.77. The van der Waals surface area contributed by atoms with Crippen LogP contribution in [0.15, 0.2) is 52.9 Å². The number of nitrogens with one attached hydrogen (secondary N) is 1. The zero-order valence-electron chi connectivity index (χ0n) is 11.5. The molecule has 3 N–H and O–H groups in total. The van der Waals surface area contributed by atoms with Gasteiger partial charge in [-0.3, -0.25) is 0 Å². The van der Waals surface area contributed by atoms with E-state index in [1.807, 2.05) is 36.4 Å². The van der Waals surface area contributed by atoms with Gasteiger partial charge in [-0.15, -0.1) is 0 Å². The average molecular weight is 277 g/mol. The monoisotopic (exact) mass is 277 g/mol. The molecule has 4 aromatic rings. The van der Waals surface area contributed by atoms with Crippen molar-refractivity contribution in [2.24, 2.45) is 5.73 Å². The van der Waals surface area contributed by atoms with E-state index in [0.717, 1.165) is 28.7 Å². The van der Waals surface area contributed by atoms with Crippen LogP contribution in [0, 0.1) is 0 Å². The number of para-hydroxylation sites is 3. The summed E-state index contributed by atoms with van der Waals surface area (Å²) in [5.41, 5.74) is 10.6. The van der Waals surface area contributed by atoms with Crippen LogP contribution in [0.1, 0.15) is 5.56 Å². The summed E-state index contributed by atoms with van der Waals surface area (Å²) in [6.07, 6.45) is 0.790. The third kappa shape index (κ3) is 1.92. The Morgan fingerprint density at radius 1 is 1.05 bits per heavy atom. The van der Waals surface area contributed by atoms with Crippen molar-refractivity contribution >= 4 is 22.0 Å². The minimum atomic E-state index is 0.592. The molecule has 0 amide bonds. The summed E-state index contributed by atoms with van der Waals surface area (Å²) >= 11 is 0. The Labute approximate surface area is 121 Å². The standard InChI is InChI=1S/C17H15N3O/c18-10-9-12-11-5-1-2-6-13(11)19-16(12)17-20-14-7-3-4-8-15(14)21-17/h1-8,19H,9-10,18H2. The van der Waals surface area contributed by atoms with Gasteiger partial charge in [0.25, 0.3) is 0 Å². The fourth-order valence-corrected chi connectivity index (χ4v) is 2.77. The van der Waals surface area contributed by atoms with Gasteiger partial charge in [-0.05, 0) is 36.7 Å². The first-order valence-corrected chi connectivity index (χ1v) is 7.02. The van der Waals surface area contributed by atoms with Crippen molar-refractivity contribution in [2.45, 2.75) is 6.42 Å². The lowest BCUT2D eigenvalue weighted by molar-refractivity contribution is 0.616. The van der Waals surface area contributed by atoms with E-state index in [2.05, 4.69) is 22.1 Å². The average Bonchev–Trinajstić information content (AvgIpc) is 3.09. The number of H-pyrrole nitrogens is 1. The van der Waals surface area contributed by atoms with E-state index in [1.54, 1.807) is 0 Å². The molecule has 0 saturated carbocycles. The molecule has 0 atom stereocenters. The first-order chi connectivity index (χ1) is 10.4. The van der Waals surface area contributed by atoms with Crippen LogP contribution < -0.4 is 5.73 Å². The molecule has 0 saturated heterocycles. The Kier molecular flexibility index (Phi) is 2.75. The molecule has 2 aromatic heterocycles. The third-order valence-electron chi connectivity index (χ3n) is 3.72. The molecule has 4 rings (SSSR count). The van der Waals surface area contributed by atoms with Crippen molar-refractivity contribution in [3.05, 3.63) is 54.1 Å². The topological polar surface area (TPSA) is 67.8 Å². The molecule has 2 heterocycles. The van der Waals surface area contributed by atoms with E-state index in [-0.39, 0.29) is 0 Å². The molecule has 0 fully saturated rings. The number of hydrogen-bond acceptors (Lipinski definition) is 3. The number of nitrogens with two attached hydrogens (primary N) is 1. The lowest BCUT2D eigenvalue weighted by Crippen LogP contribution is -2.03. The van der Waals surface area contributed by atoms with Crippen LogP contribution in [0.25, 0.3) is 33.6 Å². The summed E-state index contributed by atoms with van der Waals surface area (Å²) in [6, 6.07) is 16.0. The highest BCUT2D eigenvalue weighted by Gasteiger charge is 2.17. The van der Waals surface area contributed by atoms with Gasteiger partial charge in [0.05, 0.1) is 0 Å². The van der Waals surface area contributed by atoms with Gasteiger partial charge >= 0.3 is 0 Å². The maximum atomic E-state index is 5.89. The Balaban J connectivity index is 1.98. The Bertz CT molecular complexity index is 887. The molecule has 0 aliphatic rings. The van der Waals surface area contributed by atoms with E-state index in [9.17, 15) is 0 Å². The highest BCUT2D eigenvalue weighted by molar-refractivity contribution is 5.90. The molecular weight excluding hydrogens is 262 g/mol. The van der Waals surface area contributed by atoms with Gasteiger partial charge in [0.2, 0.25) is 5.89 Å². The zero-order valence-corrected chi connectivity index (χ0v) is 11.5. The molecule has 104 valence electrons. The maximum absolute atomic E-state index is 5.89. The van der Waals surface area contributed by atoms with Crippen LogP contribution in [0.3, 0.4) is 0 Å². The maximum Gasteiger partial charge on any atom is 0.244 e. The van der Waals surface area contributed by atoms with E-state index >= 15 is 0 Å². The minimum Gasteiger partial charge on any atom is -0.435 e. The van der Waals surface area contributed by atoms with Crippen molar-refractivity contribution < 1.29 is 4.42 Å². The van der Waals surface area contributed by atoms with E-state index in [4.69, 9.17) is 10.2 Å². The lowest BCUT2D eigenvalue weighted by Gasteiger charge is -1.99. The van der Waals surface area contributed by atoms with E-state index < -0.39 is 0 Å². The molecule has 0 aliphatic carbocycles. The zero-order chi connectivity index (χ0) is 14.2. The number of aromatic nitrogens is 2. The van der Waals surface area contributed by atoms with Gasteiger partial charge in [-0.25, -0.2) is 4.98 Å². The summed E-state index contributed by atoms with van der Waals surface area (Å²) in [6.45, 7) is 0.592. The summed E-state index contributed by atoms with van der Waals surface area (Å²) in [4.78, 5) is 8.00. The smallest absolute Gasteiger partial charge is 0.244 e. The highest BCUT2D eigenvalue weighted by Crippen LogP contribution is 2.31. The molecular formula is C17H15N3O. The molecule has 0 aliphatic heterocycles. The van der Waals surface area contributed by atoms with Gasteiger partial charge in [-0.2, -0.15) is 0 Å². The van der Waals surface area contributed by atoms with Crippen molar-refractivity contribution in [1.82, 2.24) is 9.97 Å². The van der Waals surface area contributed by atoms with Gasteiger partial charge < -0.3 is 15.1 Å².